The highest BCUT2D eigenvalue weighted by atomic mass is 19.4. The van der Waals surface area contributed by atoms with Gasteiger partial charge in [-0.1, -0.05) is 18.1 Å². The minimum atomic E-state index is -4.19. The van der Waals surface area contributed by atoms with Gasteiger partial charge in [0.1, 0.15) is 0 Å². The fraction of sp³-hybridized carbons (Fsp3) is 0.600. The standard InChI is InChI=1S/C25H30F3N5O2/c1-15-10-21-19(22-20(23(34)30-21)12-29-33(22)14-17-4-3-5-17)11-18(15)24(35)32-9-8-31(16(2)13-32)7-6-25(26,27)28/h10-12,16-18H,3-9,13-14H2,1-2H3/t16-,18?/m0/s1. The molecule has 1 aromatic rings. The van der Waals surface area contributed by atoms with Crippen LogP contribution in [0.25, 0.3) is 5.57 Å². The van der Waals surface area contributed by atoms with E-state index in [-0.39, 0.29) is 24.4 Å². The molecule has 1 unspecified atom stereocenters. The monoisotopic (exact) mass is 489 g/mol. The van der Waals surface area contributed by atoms with Gasteiger partial charge >= 0.3 is 6.18 Å². The molecule has 4 aliphatic rings. The summed E-state index contributed by atoms with van der Waals surface area (Å²) in [6.07, 6.45) is 3.74. The van der Waals surface area contributed by atoms with Crippen molar-refractivity contribution < 1.29 is 22.8 Å². The van der Waals surface area contributed by atoms with Crippen molar-refractivity contribution in [3.63, 3.8) is 0 Å². The molecule has 35 heavy (non-hydrogen) atoms. The summed E-state index contributed by atoms with van der Waals surface area (Å²) < 4.78 is 39.8. The Bertz CT molecular complexity index is 1130. The van der Waals surface area contributed by atoms with Crippen LogP contribution in [0.3, 0.4) is 0 Å². The first kappa shape index (κ1) is 24.0. The number of amides is 2. The van der Waals surface area contributed by atoms with Crippen LogP contribution in [0.2, 0.25) is 0 Å². The normalized spacial score (nSPS) is 25.3. The van der Waals surface area contributed by atoms with E-state index in [4.69, 9.17) is 0 Å². The lowest BCUT2D eigenvalue weighted by Gasteiger charge is -2.41. The van der Waals surface area contributed by atoms with Crippen LogP contribution in [0.4, 0.5) is 13.2 Å². The SMILES string of the molecule is CC1=CC2=NC(=O)c3cnn(CC4CCC4)c3C2=CC1C(=O)N1CCN(CCC(F)(F)F)[C@@H](C)C1. The largest absolute Gasteiger partial charge is 0.390 e. The number of aromatic nitrogens is 2. The van der Waals surface area contributed by atoms with Crippen molar-refractivity contribution in [3.05, 3.63) is 35.2 Å². The number of fused-ring (bicyclic) bond motifs is 3. The molecule has 2 fully saturated rings. The molecule has 5 rings (SSSR count). The lowest BCUT2D eigenvalue weighted by Crippen LogP contribution is -2.55. The molecule has 10 heteroatoms. The molecule has 0 radical (unpaired) electrons. The van der Waals surface area contributed by atoms with E-state index >= 15 is 0 Å². The predicted molar refractivity (Wildman–Crippen MR) is 125 cm³/mol. The number of allylic oxidation sites excluding steroid dienone is 2. The average molecular weight is 490 g/mol. The van der Waals surface area contributed by atoms with Crippen LogP contribution in [0.15, 0.2) is 28.9 Å². The summed E-state index contributed by atoms with van der Waals surface area (Å²) >= 11 is 0. The molecular formula is C25H30F3N5O2. The van der Waals surface area contributed by atoms with Gasteiger partial charge in [0, 0.05) is 44.3 Å². The van der Waals surface area contributed by atoms with E-state index in [2.05, 4.69) is 10.1 Å². The van der Waals surface area contributed by atoms with E-state index < -0.39 is 18.5 Å². The second-order valence-electron chi connectivity index (χ2n) is 10.2. The van der Waals surface area contributed by atoms with E-state index in [9.17, 15) is 22.8 Å². The lowest BCUT2D eigenvalue weighted by atomic mass is 9.83. The van der Waals surface area contributed by atoms with E-state index in [1.54, 1.807) is 16.0 Å². The quantitative estimate of drug-likeness (QED) is 0.632. The number of carbonyl (C=O) groups is 2. The molecule has 2 atom stereocenters. The summed E-state index contributed by atoms with van der Waals surface area (Å²) in [5.41, 5.74) is 3.32. The highest BCUT2D eigenvalue weighted by Crippen LogP contribution is 2.36. The van der Waals surface area contributed by atoms with Crippen LogP contribution in [0, 0.1) is 11.8 Å². The third-order valence-electron chi connectivity index (χ3n) is 7.69. The van der Waals surface area contributed by atoms with Crippen LogP contribution in [-0.2, 0) is 11.3 Å². The number of rotatable bonds is 5. The third kappa shape index (κ3) is 4.72. The Morgan fingerprint density at radius 1 is 1.23 bits per heavy atom. The zero-order valence-corrected chi connectivity index (χ0v) is 20.0. The Labute approximate surface area is 202 Å². The predicted octanol–water partition coefficient (Wildman–Crippen LogP) is 3.72. The summed E-state index contributed by atoms with van der Waals surface area (Å²) in [5.74, 6) is -0.350. The Kier molecular flexibility index (Phi) is 6.19. The number of halogens is 3. The van der Waals surface area contributed by atoms with Gasteiger partial charge in [0.15, 0.2) is 0 Å². The highest BCUT2D eigenvalue weighted by Gasteiger charge is 2.37. The summed E-state index contributed by atoms with van der Waals surface area (Å²) in [6, 6.07) is -0.157. The van der Waals surface area contributed by atoms with Crippen LogP contribution in [0.5, 0.6) is 0 Å². The summed E-state index contributed by atoms with van der Waals surface area (Å²) in [5, 5.41) is 4.47. The number of carbonyl (C=O) groups excluding carboxylic acids is 2. The first-order valence-electron chi connectivity index (χ1n) is 12.3. The topological polar surface area (TPSA) is 70.8 Å². The van der Waals surface area contributed by atoms with Gasteiger partial charge in [-0.05, 0) is 38.7 Å². The molecule has 2 amide bonds. The molecule has 1 saturated heterocycles. The lowest BCUT2D eigenvalue weighted by molar-refractivity contribution is -0.144. The highest BCUT2D eigenvalue weighted by molar-refractivity contribution is 6.36. The molecule has 1 saturated carbocycles. The second-order valence-corrected chi connectivity index (χ2v) is 10.2. The zero-order chi connectivity index (χ0) is 24.9. The van der Waals surface area contributed by atoms with Gasteiger partial charge in [-0.2, -0.15) is 18.3 Å². The van der Waals surface area contributed by atoms with Crippen LogP contribution >= 0.6 is 0 Å². The molecule has 0 N–H and O–H groups in total. The van der Waals surface area contributed by atoms with Crippen LogP contribution in [-0.4, -0.2) is 75.5 Å². The minimum absolute atomic E-state index is 0.0548. The maximum absolute atomic E-state index is 13.6. The molecule has 188 valence electrons. The molecule has 0 aromatic carbocycles. The molecule has 2 aliphatic carbocycles. The summed E-state index contributed by atoms with van der Waals surface area (Å²) in [7, 11) is 0. The number of aliphatic imine (C=N–C) groups is 1. The van der Waals surface area contributed by atoms with Crippen molar-refractivity contribution in [1.29, 1.82) is 0 Å². The zero-order valence-electron chi connectivity index (χ0n) is 20.0. The molecular weight excluding hydrogens is 459 g/mol. The Balaban J connectivity index is 1.35. The van der Waals surface area contributed by atoms with Gasteiger partial charge < -0.3 is 4.90 Å². The summed E-state index contributed by atoms with van der Waals surface area (Å²) in [4.78, 5) is 34.0. The van der Waals surface area contributed by atoms with Gasteiger partial charge in [0.25, 0.3) is 5.91 Å². The first-order chi connectivity index (χ1) is 16.6. The maximum Gasteiger partial charge on any atom is 0.390 e. The molecule has 1 aromatic heterocycles. The van der Waals surface area contributed by atoms with Crippen LogP contribution < -0.4 is 0 Å². The van der Waals surface area contributed by atoms with Crippen LogP contribution in [0.1, 0.15) is 55.6 Å². The Hall–Kier alpha value is -2.75. The average Bonchev–Trinajstić information content (AvgIpc) is 3.19. The number of hydrogen-bond donors (Lipinski definition) is 0. The van der Waals surface area contributed by atoms with E-state index in [1.807, 2.05) is 30.7 Å². The van der Waals surface area contributed by atoms with Crippen molar-refractivity contribution >= 4 is 23.1 Å². The van der Waals surface area contributed by atoms with Crippen molar-refractivity contribution in [3.8, 4) is 0 Å². The van der Waals surface area contributed by atoms with Crippen molar-refractivity contribution in [2.45, 2.75) is 58.3 Å². The van der Waals surface area contributed by atoms with Crippen molar-refractivity contribution in [2.75, 3.05) is 26.2 Å². The fourth-order valence-corrected chi connectivity index (χ4v) is 5.37. The molecule has 0 spiro atoms. The van der Waals surface area contributed by atoms with Gasteiger partial charge in [-0.3, -0.25) is 19.2 Å². The fourth-order valence-electron chi connectivity index (χ4n) is 5.37. The Morgan fingerprint density at radius 2 is 2.00 bits per heavy atom. The van der Waals surface area contributed by atoms with E-state index in [0.29, 0.717) is 36.8 Å². The molecule has 7 nitrogen and oxygen atoms in total. The van der Waals surface area contributed by atoms with Crippen molar-refractivity contribution in [1.82, 2.24) is 19.6 Å². The van der Waals surface area contributed by atoms with Gasteiger partial charge in [0.05, 0.1) is 35.5 Å². The summed E-state index contributed by atoms with van der Waals surface area (Å²) in [6.45, 7) is 5.58. The van der Waals surface area contributed by atoms with E-state index in [1.165, 1.54) is 6.42 Å². The third-order valence-corrected chi connectivity index (χ3v) is 7.69. The van der Waals surface area contributed by atoms with E-state index in [0.717, 1.165) is 36.2 Å². The smallest absolute Gasteiger partial charge is 0.339 e. The number of nitrogens with zero attached hydrogens (tertiary/aromatic N) is 5. The van der Waals surface area contributed by atoms with Gasteiger partial charge in [0.2, 0.25) is 5.91 Å². The van der Waals surface area contributed by atoms with Gasteiger partial charge in [-0.15, -0.1) is 0 Å². The van der Waals surface area contributed by atoms with Gasteiger partial charge in [-0.25, -0.2) is 4.99 Å². The first-order valence-corrected chi connectivity index (χ1v) is 12.3. The number of alkyl halides is 3. The number of hydrogen-bond acceptors (Lipinski definition) is 4. The Morgan fingerprint density at radius 3 is 2.66 bits per heavy atom. The maximum atomic E-state index is 13.6. The molecule has 3 heterocycles. The second kappa shape index (κ2) is 9.04. The molecule has 0 bridgehead atoms. The molecule has 2 aliphatic heterocycles. The number of piperazine rings is 1. The van der Waals surface area contributed by atoms with Crippen molar-refractivity contribution in [2.24, 2.45) is 16.8 Å². The minimum Gasteiger partial charge on any atom is -0.339 e.